The lowest BCUT2D eigenvalue weighted by Gasteiger charge is -2.28. The SMILES string of the molecule is CC(C)CN(CC(C)C)CC1CNc2ccccc21. The monoisotopic (exact) mass is 260 g/mol. The average Bonchev–Trinajstić information content (AvgIpc) is 2.71. The molecule has 0 saturated carbocycles. The van der Waals surface area contributed by atoms with Crippen molar-refractivity contribution < 1.29 is 0 Å². The van der Waals surface area contributed by atoms with Crippen LogP contribution in [0.1, 0.15) is 39.2 Å². The Kier molecular flexibility index (Phi) is 4.87. The summed E-state index contributed by atoms with van der Waals surface area (Å²) in [7, 11) is 0. The van der Waals surface area contributed by atoms with Crippen molar-refractivity contribution in [1.29, 1.82) is 0 Å². The Morgan fingerprint density at radius 2 is 1.74 bits per heavy atom. The molecule has 0 aliphatic carbocycles. The van der Waals surface area contributed by atoms with Crippen LogP contribution in [0.5, 0.6) is 0 Å². The fourth-order valence-electron chi connectivity index (χ4n) is 3.09. The normalized spacial score (nSPS) is 18.2. The van der Waals surface area contributed by atoms with Crippen molar-refractivity contribution in [3.8, 4) is 0 Å². The first-order chi connectivity index (χ1) is 9.06. The van der Waals surface area contributed by atoms with Crippen molar-refractivity contribution in [3.63, 3.8) is 0 Å². The van der Waals surface area contributed by atoms with Crippen LogP contribution in [-0.4, -0.2) is 31.1 Å². The third kappa shape index (κ3) is 3.97. The summed E-state index contributed by atoms with van der Waals surface area (Å²) in [6, 6.07) is 8.76. The van der Waals surface area contributed by atoms with Gasteiger partial charge in [0.25, 0.3) is 0 Å². The molecule has 1 heterocycles. The molecule has 1 unspecified atom stereocenters. The van der Waals surface area contributed by atoms with E-state index in [1.165, 1.54) is 30.9 Å². The molecule has 1 N–H and O–H groups in total. The molecule has 2 heteroatoms. The summed E-state index contributed by atoms with van der Waals surface area (Å²) in [6.07, 6.45) is 0. The number of hydrogen-bond donors (Lipinski definition) is 1. The van der Waals surface area contributed by atoms with E-state index >= 15 is 0 Å². The number of para-hydroxylation sites is 1. The standard InChI is InChI=1S/C17H28N2/c1-13(2)10-19(11-14(3)4)12-15-9-18-17-8-6-5-7-16(15)17/h5-8,13-15,18H,9-12H2,1-4H3. The van der Waals surface area contributed by atoms with Crippen LogP contribution < -0.4 is 5.32 Å². The van der Waals surface area contributed by atoms with Gasteiger partial charge in [-0.2, -0.15) is 0 Å². The molecular formula is C17H28N2. The number of benzene rings is 1. The lowest BCUT2D eigenvalue weighted by molar-refractivity contribution is 0.210. The maximum Gasteiger partial charge on any atom is 0.0376 e. The molecule has 0 amide bonds. The number of rotatable bonds is 6. The van der Waals surface area contributed by atoms with Gasteiger partial charge < -0.3 is 10.2 Å². The van der Waals surface area contributed by atoms with Gasteiger partial charge in [0.15, 0.2) is 0 Å². The quantitative estimate of drug-likeness (QED) is 0.836. The molecule has 1 aromatic rings. The minimum absolute atomic E-state index is 0.647. The maximum absolute atomic E-state index is 3.54. The van der Waals surface area contributed by atoms with Crippen molar-refractivity contribution in [3.05, 3.63) is 29.8 Å². The van der Waals surface area contributed by atoms with Crippen molar-refractivity contribution in [2.75, 3.05) is 31.5 Å². The van der Waals surface area contributed by atoms with Crippen LogP contribution in [0.15, 0.2) is 24.3 Å². The highest BCUT2D eigenvalue weighted by atomic mass is 15.1. The first-order valence-corrected chi connectivity index (χ1v) is 7.61. The average molecular weight is 260 g/mol. The van der Waals surface area contributed by atoms with E-state index in [0.29, 0.717) is 5.92 Å². The second kappa shape index (κ2) is 6.42. The molecule has 0 spiro atoms. The van der Waals surface area contributed by atoms with E-state index < -0.39 is 0 Å². The third-order valence-electron chi connectivity index (χ3n) is 3.66. The number of anilines is 1. The van der Waals surface area contributed by atoms with Crippen molar-refractivity contribution >= 4 is 5.69 Å². The zero-order valence-electron chi connectivity index (χ0n) is 12.8. The highest BCUT2D eigenvalue weighted by Crippen LogP contribution is 2.31. The zero-order chi connectivity index (χ0) is 13.8. The summed E-state index contributed by atoms with van der Waals surface area (Å²) < 4.78 is 0. The van der Waals surface area contributed by atoms with Crippen molar-refractivity contribution in [2.45, 2.75) is 33.6 Å². The first-order valence-electron chi connectivity index (χ1n) is 7.61. The molecule has 106 valence electrons. The Hall–Kier alpha value is -1.02. The number of nitrogens with zero attached hydrogens (tertiary/aromatic N) is 1. The largest absolute Gasteiger partial charge is 0.384 e. The fourth-order valence-corrected chi connectivity index (χ4v) is 3.09. The summed E-state index contributed by atoms with van der Waals surface area (Å²) >= 11 is 0. The van der Waals surface area contributed by atoms with E-state index in [2.05, 4.69) is 62.2 Å². The fraction of sp³-hybridized carbons (Fsp3) is 0.647. The van der Waals surface area contributed by atoms with E-state index in [4.69, 9.17) is 0 Å². The molecule has 0 saturated heterocycles. The molecule has 2 rings (SSSR count). The van der Waals surface area contributed by atoms with Crippen LogP contribution in [0.2, 0.25) is 0 Å². The summed E-state index contributed by atoms with van der Waals surface area (Å²) in [5.41, 5.74) is 2.83. The van der Waals surface area contributed by atoms with Gasteiger partial charge in [0.1, 0.15) is 0 Å². The summed E-state index contributed by atoms with van der Waals surface area (Å²) in [4.78, 5) is 2.64. The highest BCUT2D eigenvalue weighted by molar-refractivity contribution is 5.57. The van der Waals surface area contributed by atoms with Gasteiger partial charge in [0, 0.05) is 37.8 Å². The van der Waals surface area contributed by atoms with E-state index in [1.54, 1.807) is 0 Å². The van der Waals surface area contributed by atoms with Gasteiger partial charge in [-0.15, -0.1) is 0 Å². The van der Waals surface area contributed by atoms with Gasteiger partial charge in [-0.05, 0) is 23.5 Å². The van der Waals surface area contributed by atoms with E-state index in [0.717, 1.165) is 18.4 Å². The maximum atomic E-state index is 3.54. The number of hydrogen-bond acceptors (Lipinski definition) is 2. The molecule has 1 aromatic carbocycles. The third-order valence-corrected chi connectivity index (χ3v) is 3.66. The predicted octanol–water partition coefficient (Wildman–Crippen LogP) is 3.81. The van der Waals surface area contributed by atoms with Crippen molar-refractivity contribution in [1.82, 2.24) is 4.90 Å². The second-order valence-corrected chi connectivity index (χ2v) is 6.67. The zero-order valence-corrected chi connectivity index (χ0v) is 12.8. The van der Waals surface area contributed by atoms with Gasteiger partial charge in [-0.3, -0.25) is 0 Å². The van der Waals surface area contributed by atoms with Gasteiger partial charge in [-0.25, -0.2) is 0 Å². The van der Waals surface area contributed by atoms with Crippen LogP contribution in [0, 0.1) is 11.8 Å². The lowest BCUT2D eigenvalue weighted by Crippen LogP contribution is -2.35. The molecule has 2 nitrogen and oxygen atoms in total. The molecule has 1 aliphatic rings. The second-order valence-electron chi connectivity index (χ2n) is 6.67. The van der Waals surface area contributed by atoms with E-state index in [9.17, 15) is 0 Å². The Labute approximate surface area is 118 Å². The van der Waals surface area contributed by atoms with Gasteiger partial charge in [-0.1, -0.05) is 45.9 Å². The molecular weight excluding hydrogens is 232 g/mol. The smallest absolute Gasteiger partial charge is 0.0376 e. The Bertz CT molecular complexity index is 388. The van der Waals surface area contributed by atoms with Gasteiger partial charge in [0.2, 0.25) is 0 Å². The lowest BCUT2D eigenvalue weighted by atomic mass is 9.99. The van der Waals surface area contributed by atoms with Crippen LogP contribution in [-0.2, 0) is 0 Å². The minimum Gasteiger partial charge on any atom is -0.384 e. The Morgan fingerprint density at radius 3 is 2.37 bits per heavy atom. The van der Waals surface area contributed by atoms with Crippen LogP contribution in [0.4, 0.5) is 5.69 Å². The first kappa shape index (κ1) is 14.4. The van der Waals surface area contributed by atoms with E-state index in [-0.39, 0.29) is 0 Å². The molecule has 0 bridgehead atoms. The predicted molar refractivity (Wildman–Crippen MR) is 83.8 cm³/mol. The number of fused-ring (bicyclic) bond motifs is 1. The summed E-state index contributed by atoms with van der Waals surface area (Å²) in [6.45, 7) is 13.9. The Morgan fingerprint density at radius 1 is 1.11 bits per heavy atom. The summed E-state index contributed by atoms with van der Waals surface area (Å²) in [5, 5.41) is 3.54. The highest BCUT2D eigenvalue weighted by Gasteiger charge is 2.24. The van der Waals surface area contributed by atoms with Crippen LogP contribution in [0.25, 0.3) is 0 Å². The minimum atomic E-state index is 0.647. The molecule has 0 fully saturated rings. The molecule has 1 atom stereocenters. The van der Waals surface area contributed by atoms with Gasteiger partial charge >= 0.3 is 0 Å². The Balaban J connectivity index is 2.01. The molecule has 0 aromatic heterocycles. The molecule has 19 heavy (non-hydrogen) atoms. The van der Waals surface area contributed by atoms with Gasteiger partial charge in [0.05, 0.1) is 0 Å². The van der Waals surface area contributed by atoms with Crippen LogP contribution in [0.3, 0.4) is 0 Å². The van der Waals surface area contributed by atoms with Crippen LogP contribution >= 0.6 is 0 Å². The molecule has 1 aliphatic heterocycles. The number of nitrogens with one attached hydrogen (secondary N) is 1. The molecule has 0 radical (unpaired) electrons. The topological polar surface area (TPSA) is 15.3 Å². The van der Waals surface area contributed by atoms with Crippen molar-refractivity contribution in [2.24, 2.45) is 11.8 Å². The van der Waals surface area contributed by atoms with E-state index in [1.807, 2.05) is 0 Å². The summed E-state index contributed by atoms with van der Waals surface area (Å²) in [5.74, 6) is 2.13.